The summed E-state index contributed by atoms with van der Waals surface area (Å²) in [4.78, 5) is 10.7. The average molecular weight is 190 g/mol. The number of benzene rings is 1. The summed E-state index contributed by atoms with van der Waals surface area (Å²) in [6.45, 7) is 1.93. The van der Waals surface area contributed by atoms with E-state index in [2.05, 4.69) is 10.2 Å². The molecular formula is C10H7FN2O. The third-order valence-corrected chi connectivity index (χ3v) is 1.96. The SMILES string of the molecule is Cc1ccc(C2=C(F)C(=O)N=N2)cc1. The molecule has 0 aliphatic carbocycles. The molecule has 1 aliphatic rings. The van der Waals surface area contributed by atoms with E-state index in [1.807, 2.05) is 19.1 Å². The first kappa shape index (κ1) is 8.74. The highest BCUT2D eigenvalue weighted by Gasteiger charge is 2.22. The molecule has 0 saturated heterocycles. The first-order valence-electron chi connectivity index (χ1n) is 4.11. The topological polar surface area (TPSA) is 41.8 Å². The molecule has 4 heteroatoms. The van der Waals surface area contributed by atoms with E-state index in [9.17, 15) is 9.18 Å². The quantitative estimate of drug-likeness (QED) is 0.671. The number of hydrogen-bond acceptors (Lipinski definition) is 2. The van der Waals surface area contributed by atoms with Crippen LogP contribution in [0.1, 0.15) is 11.1 Å². The molecule has 0 saturated carbocycles. The van der Waals surface area contributed by atoms with Crippen molar-refractivity contribution in [2.45, 2.75) is 6.92 Å². The van der Waals surface area contributed by atoms with Gasteiger partial charge in [0.2, 0.25) is 5.83 Å². The Bertz CT molecular complexity index is 446. The van der Waals surface area contributed by atoms with Crippen LogP contribution in [0.15, 0.2) is 40.3 Å². The zero-order valence-electron chi connectivity index (χ0n) is 7.49. The molecule has 1 amide bonds. The fourth-order valence-electron chi connectivity index (χ4n) is 1.18. The van der Waals surface area contributed by atoms with Crippen molar-refractivity contribution >= 4 is 11.6 Å². The average Bonchev–Trinajstić information content (AvgIpc) is 2.50. The van der Waals surface area contributed by atoms with Crippen LogP contribution in [0.2, 0.25) is 0 Å². The smallest absolute Gasteiger partial charge is 0.262 e. The van der Waals surface area contributed by atoms with Gasteiger partial charge < -0.3 is 0 Å². The van der Waals surface area contributed by atoms with E-state index in [-0.39, 0.29) is 5.70 Å². The van der Waals surface area contributed by atoms with Gasteiger partial charge in [0.15, 0.2) is 0 Å². The predicted molar refractivity (Wildman–Crippen MR) is 49.1 cm³/mol. The van der Waals surface area contributed by atoms with E-state index in [0.29, 0.717) is 5.56 Å². The fourth-order valence-corrected chi connectivity index (χ4v) is 1.18. The molecule has 3 nitrogen and oxygen atoms in total. The molecular weight excluding hydrogens is 183 g/mol. The Kier molecular flexibility index (Phi) is 1.96. The molecule has 0 atom stereocenters. The minimum atomic E-state index is -0.902. The Morgan fingerprint density at radius 1 is 1.14 bits per heavy atom. The van der Waals surface area contributed by atoms with Gasteiger partial charge in [-0.1, -0.05) is 29.8 Å². The van der Waals surface area contributed by atoms with Gasteiger partial charge in [-0.25, -0.2) is 0 Å². The maximum absolute atomic E-state index is 13.1. The molecule has 0 bridgehead atoms. The largest absolute Gasteiger partial charge is 0.326 e. The summed E-state index contributed by atoms with van der Waals surface area (Å²) in [5.74, 6) is -1.78. The Balaban J connectivity index is 2.46. The Morgan fingerprint density at radius 2 is 1.79 bits per heavy atom. The maximum atomic E-state index is 13.1. The number of azo groups is 1. The highest BCUT2D eigenvalue weighted by atomic mass is 19.1. The van der Waals surface area contributed by atoms with Crippen LogP contribution in [0, 0.1) is 6.92 Å². The normalized spacial score (nSPS) is 15.4. The van der Waals surface area contributed by atoms with Gasteiger partial charge >= 0.3 is 5.91 Å². The second kappa shape index (κ2) is 3.14. The van der Waals surface area contributed by atoms with Crippen molar-refractivity contribution in [2.75, 3.05) is 0 Å². The van der Waals surface area contributed by atoms with Crippen LogP contribution in [-0.2, 0) is 4.79 Å². The number of carbonyl (C=O) groups excluding carboxylic acids is 1. The van der Waals surface area contributed by atoms with Gasteiger partial charge in [-0.05, 0) is 6.92 Å². The van der Waals surface area contributed by atoms with E-state index in [1.54, 1.807) is 12.1 Å². The summed E-state index contributed by atoms with van der Waals surface area (Å²) >= 11 is 0. The van der Waals surface area contributed by atoms with Crippen LogP contribution in [-0.4, -0.2) is 5.91 Å². The molecule has 0 spiro atoms. The van der Waals surface area contributed by atoms with Crippen molar-refractivity contribution in [2.24, 2.45) is 10.2 Å². The number of carbonyl (C=O) groups is 1. The van der Waals surface area contributed by atoms with Crippen molar-refractivity contribution in [3.8, 4) is 0 Å². The van der Waals surface area contributed by atoms with Crippen molar-refractivity contribution in [3.05, 3.63) is 41.2 Å². The summed E-state index contributed by atoms with van der Waals surface area (Å²) in [7, 11) is 0. The summed E-state index contributed by atoms with van der Waals surface area (Å²) in [6.07, 6.45) is 0. The Labute approximate surface area is 80.0 Å². The minimum Gasteiger partial charge on any atom is -0.262 e. The lowest BCUT2D eigenvalue weighted by atomic mass is 10.1. The van der Waals surface area contributed by atoms with E-state index in [1.165, 1.54) is 0 Å². The lowest BCUT2D eigenvalue weighted by Crippen LogP contribution is -1.89. The third kappa shape index (κ3) is 1.35. The van der Waals surface area contributed by atoms with Gasteiger partial charge in [0.25, 0.3) is 0 Å². The van der Waals surface area contributed by atoms with Crippen molar-refractivity contribution in [1.29, 1.82) is 0 Å². The van der Waals surface area contributed by atoms with Crippen molar-refractivity contribution < 1.29 is 9.18 Å². The second-order valence-corrected chi connectivity index (χ2v) is 3.03. The van der Waals surface area contributed by atoms with Crippen LogP contribution in [0.3, 0.4) is 0 Å². The van der Waals surface area contributed by atoms with Gasteiger partial charge in [-0.3, -0.25) is 4.79 Å². The summed E-state index contributed by atoms with van der Waals surface area (Å²) in [6, 6.07) is 7.07. The van der Waals surface area contributed by atoms with Crippen LogP contribution < -0.4 is 0 Å². The van der Waals surface area contributed by atoms with Gasteiger partial charge in [-0.15, -0.1) is 10.2 Å². The van der Waals surface area contributed by atoms with Crippen molar-refractivity contribution in [1.82, 2.24) is 0 Å². The van der Waals surface area contributed by atoms with Crippen LogP contribution in [0.25, 0.3) is 5.70 Å². The zero-order valence-corrected chi connectivity index (χ0v) is 7.49. The highest BCUT2D eigenvalue weighted by molar-refractivity contribution is 6.02. The zero-order chi connectivity index (χ0) is 10.1. The Morgan fingerprint density at radius 3 is 2.29 bits per heavy atom. The summed E-state index contributed by atoms with van der Waals surface area (Å²) in [5, 5.41) is 6.61. The third-order valence-electron chi connectivity index (χ3n) is 1.96. The number of hydrogen-bond donors (Lipinski definition) is 0. The Hall–Kier alpha value is -1.84. The monoisotopic (exact) mass is 190 g/mol. The summed E-state index contributed by atoms with van der Waals surface area (Å²) < 4.78 is 13.1. The molecule has 1 aliphatic heterocycles. The van der Waals surface area contributed by atoms with Gasteiger partial charge in [0, 0.05) is 5.56 Å². The predicted octanol–water partition coefficient (Wildman–Crippen LogP) is 2.63. The lowest BCUT2D eigenvalue weighted by Gasteiger charge is -1.97. The highest BCUT2D eigenvalue weighted by Crippen LogP contribution is 2.27. The molecule has 1 aromatic carbocycles. The molecule has 0 N–H and O–H groups in total. The van der Waals surface area contributed by atoms with E-state index in [4.69, 9.17) is 0 Å². The first-order valence-corrected chi connectivity index (χ1v) is 4.11. The molecule has 14 heavy (non-hydrogen) atoms. The van der Waals surface area contributed by atoms with E-state index < -0.39 is 11.7 Å². The number of amides is 1. The molecule has 1 aromatic rings. The van der Waals surface area contributed by atoms with Crippen LogP contribution >= 0.6 is 0 Å². The van der Waals surface area contributed by atoms with Gasteiger partial charge in [-0.2, -0.15) is 4.39 Å². The standard InChI is InChI=1S/C10H7FN2O/c1-6-2-4-7(5-3-6)9-8(11)10(14)13-12-9/h2-5H,1H3. The molecule has 0 aromatic heterocycles. The summed E-state index contributed by atoms with van der Waals surface area (Å²) in [5.41, 5.74) is 1.66. The van der Waals surface area contributed by atoms with E-state index >= 15 is 0 Å². The van der Waals surface area contributed by atoms with Gasteiger partial charge in [0.05, 0.1) is 0 Å². The minimum absolute atomic E-state index is 0.0231. The molecule has 0 radical (unpaired) electrons. The number of aryl methyl sites for hydroxylation is 1. The van der Waals surface area contributed by atoms with E-state index in [0.717, 1.165) is 5.56 Å². The molecule has 1 heterocycles. The molecule has 70 valence electrons. The second-order valence-electron chi connectivity index (χ2n) is 3.03. The molecule has 0 fully saturated rings. The number of halogens is 1. The van der Waals surface area contributed by atoms with Crippen LogP contribution in [0.4, 0.5) is 4.39 Å². The molecule has 0 unspecified atom stereocenters. The van der Waals surface area contributed by atoms with Crippen LogP contribution in [0.5, 0.6) is 0 Å². The molecule has 2 rings (SSSR count). The number of rotatable bonds is 1. The van der Waals surface area contributed by atoms with Crippen molar-refractivity contribution in [3.63, 3.8) is 0 Å². The first-order chi connectivity index (χ1) is 6.68. The maximum Gasteiger partial charge on any atom is 0.326 e. The lowest BCUT2D eigenvalue weighted by molar-refractivity contribution is -0.115. The fraction of sp³-hybridized carbons (Fsp3) is 0.100. The van der Waals surface area contributed by atoms with Gasteiger partial charge in [0.1, 0.15) is 5.70 Å². The number of nitrogens with zero attached hydrogens (tertiary/aromatic N) is 2.